The SMILES string of the molecule is CCCC1CC1NC(=O)c1ccc(Cl)c(Br)c1. The first-order valence-corrected chi connectivity index (χ1v) is 7.04. The first-order chi connectivity index (χ1) is 8.11. The summed E-state index contributed by atoms with van der Waals surface area (Å²) in [6, 6.07) is 5.61. The zero-order chi connectivity index (χ0) is 12.4. The van der Waals surface area contributed by atoms with Gasteiger partial charge in [0.15, 0.2) is 0 Å². The lowest BCUT2D eigenvalue weighted by atomic mass is 10.2. The first kappa shape index (κ1) is 12.9. The molecular formula is C13H15BrClNO. The second kappa shape index (κ2) is 5.40. The Labute approximate surface area is 115 Å². The predicted molar refractivity (Wildman–Crippen MR) is 73.4 cm³/mol. The Kier molecular flexibility index (Phi) is 4.10. The fourth-order valence-electron chi connectivity index (χ4n) is 2.00. The minimum absolute atomic E-state index is 0.00836. The average molecular weight is 317 g/mol. The van der Waals surface area contributed by atoms with Crippen LogP contribution in [0.4, 0.5) is 0 Å². The van der Waals surface area contributed by atoms with Gasteiger partial charge in [0.05, 0.1) is 5.02 Å². The largest absolute Gasteiger partial charge is 0.349 e. The second-order valence-corrected chi connectivity index (χ2v) is 5.75. The molecule has 2 atom stereocenters. The summed E-state index contributed by atoms with van der Waals surface area (Å²) in [7, 11) is 0. The summed E-state index contributed by atoms with van der Waals surface area (Å²) in [6.07, 6.45) is 3.51. The first-order valence-electron chi connectivity index (χ1n) is 5.87. The molecule has 0 bridgehead atoms. The number of benzene rings is 1. The molecule has 1 aromatic carbocycles. The highest BCUT2D eigenvalue weighted by molar-refractivity contribution is 9.10. The van der Waals surface area contributed by atoms with Crippen molar-refractivity contribution in [3.8, 4) is 0 Å². The van der Waals surface area contributed by atoms with Crippen molar-refractivity contribution < 1.29 is 4.79 Å². The van der Waals surface area contributed by atoms with Crippen molar-refractivity contribution in [2.75, 3.05) is 0 Å². The summed E-state index contributed by atoms with van der Waals surface area (Å²) in [6.45, 7) is 2.17. The molecule has 2 nitrogen and oxygen atoms in total. The van der Waals surface area contributed by atoms with Crippen LogP contribution >= 0.6 is 27.5 Å². The number of rotatable bonds is 4. The maximum absolute atomic E-state index is 11.9. The van der Waals surface area contributed by atoms with E-state index in [4.69, 9.17) is 11.6 Å². The molecular weight excluding hydrogens is 302 g/mol. The van der Waals surface area contributed by atoms with Crippen LogP contribution < -0.4 is 5.32 Å². The molecule has 1 saturated carbocycles. The lowest BCUT2D eigenvalue weighted by Crippen LogP contribution is -2.26. The van der Waals surface area contributed by atoms with Crippen LogP contribution in [0.15, 0.2) is 22.7 Å². The van der Waals surface area contributed by atoms with Gasteiger partial charge in [0.25, 0.3) is 5.91 Å². The third-order valence-electron chi connectivity index (χ3n) is 3.08. The smallest absolute Gasteiger partial charge is 0.251 e. The molecule has 92 valence electrons. The van der Waals surface area contributed by atoms with Crippen LogP contribution in [-0.2, 0) is 0 Å². The van der Waals surface area contributed by atoms with Gasteiger partial charge in [0.1, 0.15) is 0 Å². The highest BCUT2D eigenvalue weighted by Gasteiger charge is 2.37. The van der Waals surface area contributed by atoms with Gasteiger partial charge in [0, 0.05) is 16.1 Å². The molecule has 1 amide bonds. The summed E-state index contributed by atoms with van der Waals surface area (Å²) >= 11 is 9.21. The zero-order valence-electron chi connectivity index (χ0n) is 9.67. The molecule has 4 heteroatoms. The van der Waals surface area contributed by atoms with Gasteiger partial charge in [0.2, 0.25) is 0 Å². The minimum Gasteiger partial charge on any atom is -0.349 e. The predicted octanol–water partition coefficient (Wildman–Crippen LogP) is 4.02. The minimum atomic E-state index is -0.00836. The highest BCUT2D eigenvalue weighted by atomic mass is 79.9. The van der Waals surface area contributed by atoms with Crippen LogP contribution in [0.2, 0.25) is 5.02 Å². The molecule has 1 aliphatic rings. The molecule has 2 unspecified atom stereocenters. The molecule has 0 heterocycles. The molecule has 17 heavy (non-hydrogen) atoms. The van der Waals surface area contributed by atoms with Crippen LogP contribution in [0.25, 0.3) is 0 Å². The number of carbonyl (C=O) groups is 1. The van der Waals surface area contributed by atoms with Gasteiger partial charge < -0.3 is 5.32 Å². The molecule has 0 saturated heterocycles. The maximum Gasteiger partial charge on any atom is 0.251 e. The molecule has 1 aromatic rings. The van der Waals surface area contributed by atoms with Crippen LogP contribution in [-0.4, -0.2) is 11.9 Å². The normalized spacial score (nSPS) is 22.3. The van der Waals surface area contributed by atoms with Crippen molar-refractivity contribution in [3.63, 3.8) is 0 Å². The topological polar surface area (TPSA) is 29.1 Å². The number of nitrogens with one attached hydrogen (secondary N) is 1. The molecule has 1 fully saturated rings. The van der Waals surface area contributed by atoms with Crippen molar-refractivity contribution in [3.05, 3.63) is 33.3 Å². The molecule has 1 aliphatic carbocycles. The van der Waals surface area contributed by atoms with Crippen molar-refractivity contribution in [2.45, 2.75) is 32.2 Å². The van der Waals surface area contributed by atoms with E-state index in [0.717, 1.165) is 10.9 Å². The Morgan fingerprint density at radius 3 is 3.00 bits per heavy atom. The van der Waals surface area contributed by atoms with E-state index in [9.17, 15) is 4.79 Å². The quantitative estimate of drug-likeness (QED) is 0.893. The fourth-order valence-corrected chi connectivity index (χ4v) is 2.50. The molecule has 1 N–H and O–H groups in total. The standard InChI is InChI=1S/C13H15BrClNO/c1-2-3-8-7-12(8)16-13(17)9-4-5-11(15)10(14)6-9/h4-6,8,12H,2-3,7H2,1H3,(H,16,17). The Bertz CT molecular complexity index is 435. The maximum atomic E-state index is 11.9. The average Bonchev–Trinajstić information content (AvgIpc) is 3.01. The van der Waals surface area contributed by atoms with Gasteiger partial charge in [-0.3, -0.25) is 4.79 Å². The summed E-state index contributed by atoms with van der Waals surface area (Å²) in [5, 5.41) is 3.67. The summed E-state index contributed by atoms with van der Waals surface area (Å²) in [5.74, 6) is 0.672. The Morgan fingerprint density at radius 2 is 2.35 bits per heavy atom. The number of hydrogen-bond acceptors (Lipinski definition) is 1. The third kappa shape index (κ3) is 3.23. The zero-order valence-corrected chi connectivity index (χ0v) is 12.0. The number of carbonyl (C=O) groups excluding carboxylic acids is 1. The van der Waals surface area contributed by atoms with E-state index in [1.54, 1.807) is 18.2 Å². The van der Waals surface area contributed by atoms with E-state index in [0.29, 0.717) is 22.5 Å². The molecule has 0 spiro atoms. The number of amides is 1. The Morgan fingerprint density at radius 1 is 1.59 bits per heavy atom. The van der Waals surface area contributed by atoms with Gasteiger partial charge >= 0.3 is 0 Å². The van der Waals surface area contributed by atoms with Gasteiger partial charge in [-0.15, -0.1) is 0 Å². The van der Waals surface area contributed by atoms with E-state index < -0.39 is 0 Å². The molecule has 0 aromatic heterocycles. The molecule has 2 rings (SSSR count). The lowest BCUT2D eigenvalue weighted by molar-refractivity contribution is 0.0949. The van der Waals surface area contributed by atoms with Crippen molar-refractivity contribution >= 4 is 33.4 Å². The van der Waals surface area contributed by atoms with Crippen molar-refractivity contribution in [2.24, 2.45) is 5.92 Å². The van der Waals surface area contributed by atoms with E-state index in [1.165, 1.54) is 12.8 Å². The van der Waals surface area contributed by atoms with E-state index in [1.807, 2.05) is 0 Å². The summed E-state index contributed by atoms with van der Waals surface area (Å²) < 4.78 is 0.757. The molecule has 0 aliphatic heterocycles. The summed E-state index contributed by atoms with van der Waals surface area (Å²) in [5.41, 5.74) is 0.656. The van der Waals surface area contributed by atoms with E-state index in [-0.39, 0.29) is 5.91 Å². The van der Waals surface area contributed by atoms with Gasteiger partial charge in [-0.2, -0.15) is 0 Å². The van der Waals surface area contributed by atoms with Crippen molar-refractivity contribution in [1.82, 2.24) is 5.32 Å². The van der Waals surface area contributed by atoms with Crippen LogP contribution in [0.1, 0.15) is 36.5 Å². The number of hydrogen-bond donors (Lipinski definition) is 1. The Hall–Kier alpha value is -0.540. The second-order valence-electron chi connectivity index (χ2n) is 4.49. The van der Waals surface area contributed by atoms with Crippen LogP contribution in [0.5, 0.6) is 0 Å². The van der Waals surface area contributed by atoms with Gasteiger partial charge in [-0.1, -0.05) is 24.9 Å². The van der Waals surface area contributed by atoms with Gasteiger partial charge in [-0.25, -0.2) is 0 Å². The monoisotopic (exact) mass is 315 g/mol. The molecule has 0 radical (unpaired) electrons. The van der Waals surface area contributed by atoms with E-state index >= 15 is 0 Å². The third-order valence-corrected chi connectivity index (χ3v) is 4.29. The fraction of sp³-hybridized carbons (Fsp3) is 0.462. The number of halogens is 2. The lowest BCUT2D eigenvalue weighted by Gasteiger charge is -2.05. The summed E-state index contributed by atoms with van der Waals surface area (Å²) in [4.78, 5) is 11.9. The van der Waals surface area contributed by atoms with Crippen LogP contribution in [0.3, 0.4) is 0 Å². The van der Waals surface area contributed by atoms with Crippen LogP contribution in [0, 0.1) is 5.92 Å². The highest BCUT2D eigenvalue weighted by Crippen LogP contribution is 2.34. The van der Waals surface area contributed by atoms with E-state index in [2.05, 4.69) is 28.2 Å². The van der Waals surface area contributed by atoms with Crippen molar-refractivity contribution in [1.29, 1.82) is 0 Å². The Balaban J connectivity index is 1.94. The van der Waals surface area contributed by atoms with Gasteiger partial charge in [-0.05, 0) is 52.9 Å².